The van der Waals surface area contributed by atoms with Crippen molar-refractivity contribution in [3.05, 3.63) is 53.1 Å². The molecule has 1 N–H and O–H groups in total. The number of nitrogens with zero attached hydrogens (tertiary/aromatic N) is 4. The first-order chi connectivity index (χ1) is 13.9. The lowest BCUT2D eigenvalue weighted by molar-refractivity contribution is 0.0966. The minimum Gasteiger partial charge on any atom is -0.370 e. The van der Waals surface area contributed by atoms with Crippen molar-refractivity contribution in [1.82, 2.24) is 20.2 Å². The largest absolute Gasteiger partial charge is 0.370 e. The number of amides is 1. The smallest absolute Gasteiger partial charge is 0.254 e. The number of hydrogen-bond acceptors (Lipinski definition) is 6. The predicted octanol–water partition coefficient (Wildman–Crippen LogP) is 3.50. The topological polar surface area (TPSA) is 61.4 Å². The van der Waals surface area contributed by atoms with Crippen LogP contribution in [0.25, 0.3) is 10.6 Å². The molecule has 0 aromatic carbocycles. The van der Waals surface area contributed by atoms with Gasteiger partial charge in [0.25, 0.3) is 5.91 Å². The molecule has 2 aromatic heterocycles. The van der Waals surface area contributed by atoms with Crippen LogP contribution < -0.4 is 10.2 Å². The van der Waals surface area contributed by atoms with Gasteiger partial charge in [-0.2, -0.15) is 0 Å². The second kappa shape index (κ2) is 7.59. The van der Waals surface area contributed by atoms with Crippen LogP contribution in [0.4, 0.5) is 10.2 Å². The summed E-state index contributed by atoms with van der Waals surface area (Å²) in [7, 11) is 1.87. The van der Waals surface area contributed by atoms with E-state index in [1.807, 2.05) is 18.9 Å². The summed E-state index contributed by atoms with van der Waals surface area (Å²) in [6.45, 7) is 11.6. The molecular weight excluding hydrogens is 389 g/mol. The van der Waals surface area contributed by atoms with E-state index in [9.17, 15) is 4.79 Å². The summed E-state index contributed by atoms with van der Waals surface area (Å²) >= 11 is 1.45. The highest BCUT2D eigenvalue weighted by Crippen LogP contribution is 2.37. The number of aryl methyl sites for hydroxylation is 1. The van der Waals surface area contributed by atoms with Crippen molar-refractivity contribution in [2.24, 2.45) is 0 Å². The van der Waals surface area contributed by atoms with Crippen LogP contribution in [0.1, 0.15) is 33.8 Å². The van der Waals surface area contributed by atoms with Gasteiger partial charge < -0.3 is 15.1 Å². The summed E-state index contributed by atoms with van der Waals surface area (Å²) in [5, 5.41) is 3.61. The van der Waals surface area contributed by atoms with Gasteiger partial charge in [0, 0.05) is 50.2 Å². The van der Waals surface area contributed by atoms with Crippen molar-refractivity contribution >= 4 is 23.1 Å². The third-order valence-electron chi connectivity index (χ3n) is 5.65. The quantitative estimate of drug-likeness (QED) is 0.761. The lowest BCUT2D eigenvalue weighted by Crippen LogP contribution is -2.46. The van der Waals surface area contributed by atoms with Crippen molar-refractivity contribution in [2.75, 3.05) is 25.0 Å². The first kappa shape index (κ1) is 19.6. The number of halogens is 1. The summed E-state index contributed by atoms with van der Waals surface area (Å²) in [6.07, 6.45) is 5.36. The van der Waals surface area contributed by atoms with Crippen molar-refractivity contribution in [3.8, 4) is 10.6 Å². The Morgan fingerprint density at radius 1 is 1.52 bits per heavy atom. The number of carbonyl (C=O) groups excluding carboxylic acids is 1. The van der Waals surface area contributed by atoms with Gasteiger partial charge in [0.2, 0.25) is 0 Å². The van der Waals surface area contributed by atoms with Crippen LogP contribution in [0.15, 0.2) is 31.1 Å². The Balaban J connectivity index is 1.75. The van der Waals surface area contributed by atoms with Crippen LogP contribution in [0.3, 0.4) is 0 Å². The summed E-state index contributed by atoms with van der Waals surface area (Å²) in [4.78, 5) is 26.1. The SMILES string of the molecule is C=CC(=C)N1CCC[C@@H](N(C)c2nc(-c3cnc(C)s3)c3c(c2F)CNC3=O)C1. The minimum atomic E-state index is -0.425. The lowest BCUT2D eigenvalue weighted by Gasteiger charge is -2.39. The fourth-order valence-electron chi connectivity index (χ4n) is 3.98. The maximum absolute atomic E-state index is 15.4. The Kier molecular flexibility index (Phi) is 5.12. The van der Waals surface area contributed by atoms with Crippen LogP contribution in [0, 0.1) is 12.7 Å². The van der Waals surface area contributed by atoms with Gasteiger partial charge in [0.1, 0.15) is 0 Å². The Labute approximate surface area is 173 Å². The standard InChI is InChI=1S/C21H24FN5OS/c1-5-12(2)27-8-6-7-14(11-27)26(4)20-18(22)15-9-24-21(28)17(15)19(25-20)16-10-23-13(3)29-16/h5,10,14H,1-2,6-9,11H2,3-4H3,(H,24,28)/t14-/m1/s1. The normalized spacial score (nSPS) is 18.4. The molecule has 0 spiro atoms. The van der Waals surface area contributed by atoms with E-state index in [2.05, 4.69) is 33.3 Å². The van der Waals surface area contributed by atoms with Gasteiger partial charge in [-0.25, -0.2) is 14.4 Å². The molecule has 1 amide bonds. The molecule has 0 bridgehead atoms. The Bertz CT molecular complexity index is 1000. The zero-order chi connectivity index (χ0) is 20.7. The molecular formula is C21H24FN5OS. The molecule has 29 heavy (non-hydrogen) atoms. The van der Waals surface area contributed by atoms with E-state index in [4.69, 9.17) is 0 Å². The molecule has 1 saturated heterocycles. The maximum atomic E-state index is 15.4. The van der Waals surface area contributed by atoms with Gasteiger partial charge in [0.15, 0.2) is 11.6 Å². The number of likely N-dealkylation sites (N-methyl/N-ethyl adjacent to an activating group) is 1. The highest BCUT2D eigenvalue weighted by atomic mass is 32.1. The summed E-state index contributed by atoms with van der Waals surface area (Å²) in [6, 6.07) is 0.0848. The first-order valence-electron chi connectivity index (χ1n) is 9.63. The molecule has 0 radical (unpaired) electrons. The van der Waals surface area contributed by atoms with Gasteiger partial charge in [-0.3, -0.25) is 4.79 Å². The molecule has 0 saturated carbocycles. The van der Waals surface area contributed by atoms with Gasteiger partial charge >= 0.3 is 0 Å². The Morgan fingerprint density at radius 2 is 2.31 bits per heavy atom. The second-order valence-corrected chi connectivity index (χ2v) is 8.66. The van der Waals surface area contributed by atoms with Crippen molar-refractivity contribution in [3.63, 3.8) is 0 Å². The van der Waals surface area contributed by atoms with Crippen molar-refractivity contribution in [1.29, 1.82) is 0 Å². The van der Waals surface area contributed by atoms with E-state index in [0.717, 1.165) is 41.5 Å². The predicted molar refractivity (Wildman–Crippen MR) is 114 cm³/mol. The summed E-state index contributed by atoms with van der Waals surface area (Å²) < 4.78 is 15.4. The molecule has 4 rings (SSSR count). The van der Waals surface area contributed by atoms with Gasteiger partial charge in [-0.15, -0.1) is 11.3 Å². The van der Waals surface area contributed by atoms with E-state index in [1.54, 1.807) is 12.3 Å². The fraction of sp³-hybridized carbons (Fsp3) is 0.381. The number of pyridine rings is 1. The monoisotopic (exact) mass is 413 g/mol. The van der Waals surface area contributed by atoms with E-state index >= 15 is 4.39 Å². The average molecular weight is 414 g/mol. The van der Waals surface area contributed by atoms with E-state index in [0.29, 0.717) is 16.8 Å². The molecule has 4 heterocycles. The number of thiazole rings is 1. The third kappa shape index (κ3) is 3.42. The first-order valence-corrected chi connectivity index (χ1v) is 10.4. The molecule has 0 unspecified atom stereocenters. The molecule has 2 aliphatic heterocycles. The molecule has 0 aliphatic carbocycles. The van der Waals surface area contributed by atoms with Crippen molar-refractivity contribution < 1.29 is 9.18 Å². The number of piperidine rings is 1. The lowest BCUT2D eigenvalue weighted by atomic mass is 10.0. The number of allylic oxidation sites excluding steroid dienone is 1. The van der Waals surface area contributed by atoms with Gasteiger partial charge in [-0.1, -0.05) is 13.2 Å². The third-order valence-corrected chi connectivity index (χ3v) is 6.56. The number of rotatable bonds is 5. The van der Waals surface area contributed by atoms with Crippen LogP contribution >= 0.6 is 11.3 Å². The van der Waals surface area contributed by atoms with E-state index in [1.165, 1.54) is 11.3 Å². The Hall–Kier alpha value is -2.74. The number of fused-ring (bicyclic) bond motifs is 1. The number of anilines is 1. The second-order valence-electron chi connectivity index (χ2n) is 7.43. The summed E-state index contributed by atoms with van der Waals surface area (Å²) in [5.74, 6) is -0.435. The number of hydrogen-bond donors (Lipinski definition) is 1. The highest BCUT2D eigenvalue weighted by molar-refractivity contribution is 7.15. The maximum Gasteiger partial charge on any atom is 0.254 e. The Morgan fingerprint density at radius 3 is 3.00 bits per heavy atom. The highest BCUT2D eigenvalue weighted by Gasteiger charge is 2.33. The zero-order valence-corrected chi connectivity index (χ0v) is 17.5. The number of nitrogens with one attached hydrogen (secondary N) is 1. The van der Waals surface area contributed by atoms with Crippen LogP contribution in [0.2, 0.25) is 0 Å². The van der Waals surface area contributed by atoms with Crippen LogP contribution in [-0.2, 0) is 6.54 Å². The van der Waals surface area contributed by atoms with E-state index in [-0.39, 0.29) is 24.3 Å². The molecule has 8 heteroatoms. The molecule has 1 atom stereocenters. The minimum absolute atomic E-state index is 0.0848. The van der Waals surface area contributed by atoms with Gasteiger partial charge in [0.05, 0.1) is 21.1 Å². The molecule has 1 fully saturated rings. The number of aromatic nitrogens is 2. The molecule has 6 nitrogen and oxygen atoms in total. The molecule has 2 aliphatic rings. The number of carbonyl (C=O) groups is 1. The summed E-state index contributed by atoms with van der Waals surface area (Å²) in [5.41, 5.74) is 2.10. The van der Waals surface area contributed by atoms with Gasteiger partial charge in [-0.05, 0) is 25.8 Å². The number of likely N-dealkylation sites (tertiary alicyclic amines) is 1. The molecule has 152 valence electrons. The average Bonchev–Trinajstić information content (AvgIpc) is 3.34. The molecule has 2 aromatic rings. The van der Waals surface area contributed by atoms with Crippen LogP contribution in [-0.4, -0.2) is 47.0 Å². The zero-order valence-electron chi connectivity index (χ0n) is 16.7. The van der Waals surface area contributed by atoms with E-state index < -0.39 is 5.82 Å². The van der Waals surface area contributed by atoms with Crippen molar-refractivity contribution in [2.45, 2.75) is 32.4 Å². The van der Waals surface area contributed by atoms with Crippen LogP contribution in [0.5, 0.6) is 0 Å². The fourth-order valence-corrected chi connectivity index (χ4v) is 4.76.